The van der Waals surface area contributed by atoms with Gasteiger partial charge < -0.3 is 15.3 Å². The van der Waals surface area contributed by atoms with Crippen molar-refractivity contribution in [1.29, 1.82) is 0 Å². The molecule has 3 aromatic rings. The van der Waals surface area contributed by atoms with Crippen molar-refractivity contribution in [2.75, 3.05) is 23.3 Å². The van der Waals surface area contributed by atoms with Crippen LogP contribution in [0.3, 0.4) is 0 Å². The van der Waals surface area contributed by atoms with E-state index in [1.807, 2.05) is 17.2 Å². The number of halogens is 3. The minimum Gasteiger partial charge on any atom is -0.389 e. The number of nitrogens with one attached hydrogen (secondary N) is 1. The zero-order valence-corrected chi connectivity index (χ0v) is 17.4. The lowest BCUT2D eigenvalue weighted by Gasteiger charge is -2.40. The second-order valence-electron chi connectivity index (χ2n) is 6.85. The molecule has 6 nitrogen and oxygen atoms in total. The highest BCUT2D eigenvalue weighted by Crippen LogP contribution is 2.34. The summed E-state index contributed by atoms with van der Waals surface area (Å²) in [5, 5.41) is 14.9. The van der Waals surface area contributed by atoms with Crippen LogP contribution < -0.4 is 10.2 Å². The first-order valence-electron chi connectivity index (χ1n) is 9.00. The van der Waals surface area contributed by atoms with Crippen LogP contribution in [0, 0.1) is 12.8 Å². The molecular formula is C19H17F3N4O2S2. The number of hydrogen-bond acceptors (Lipinski definition) is 7. The van der Waals surface area contributed by atoms with E-state index >= 15 is 0 Å². The van der Waals surface area contributed by atoms with E-state index in [9.17, 15) is 23.1 Å². The number of aliphatic hydroxyl groups excluding tert-OH is 1. The highest BCUT2D eigenvalue weighted by Gasteiger charge is 2.34. The van der Waals surface area contributed by atoms with Crippen molar-refractivity contribution in [2.45, 2.75) is 19.7 Å². The summed E-state index contributed by atoms with van der Waals surface area (Å²) < 4.78 is 38.0. The molecule has 1 fully saturated rings. The summed E-state index contributed by atoms with van der Waals surface area (Å²) in [4.78, 5) is 23.9. The van der Waals surface area contributed by atoms with Crippen molar-refractivity contribution in [1.82, 2.24) is 9.97 Å². The maximum absolute atomic E-state index is 12.7. The number of benzene rings is 1. The van der Waals surface area contributed by atoms with Crippen LogP contribution in [0.4, 0.5) is 24.0 Å². The molecule has 0 unspecified atom stereocenters. The summed E-state index contributed by atoms with van der Waals surface area (Å²) in [7, 11) is 0. The standard InChI is InChI=1S/C19H17F3N4O2S2/c1-10-16(30-15(8-27)23-10)14-9-29-18(24-14)25-17(28)11-6-26(7-11)13-4-2-12(3-5-13)19(20,21)22/h2-5,9,11,27H,6-8H2,1H3,(H,24,25,28). The van der Waals surface area contributed by atoms with Crippen molar-refractivity contribution in [2.24, 2.45) is 5.92 Å². The fourth-order valence-electron chi connectivity index (χ4n) is 3.12. The fraction of sp³-hybridized carbons (Fsp3) is 0.316. The van der Waals surface area contributed by atoms with Crippen LogP contribution in [-0.4, -0.2) is 34.1 Å². The lowest BCUT2D eigenvalue weighted by Crippen LogP contribution is -2.52. The van der Waals surface area contributed by atoms with E-state index in [4.69, 9.17) is 0 Å². The highest BCUT2D eigenvalue weighted by atomic mass is 32.1. The zero-order valence-electron chi connectivity index (χ0n) is 15.7. The average molecular weight is 454 g/mol. The van der Waals surface area contributed by atoms with Crippen molar-refractivity contribution in [3.8, 4) is 10.6 Å². The minimum atomic E-state index is -4.36. The molecule has 0 atom stereocenters. The van der Waals surface area contributed by atoms with Gasteiger partial charge in [0.15, 0.2) is 5.13 Å². The van der Waals surface area contributed by atoms with Gasteiger partial charge in [0.1, 0.15) is 5.01 Å². The Hall–Kier alpha value is -2.50. The Morgan fingerprint density at radius 1 is 1.27 bits per heavy atom. The summed E-state index contributed by atoms with van der Waals surface area (Å²) in [6.07, 6.45) is -4.36. The Labute approximate surface area is 178 Å². The summed E-state index contributed by atoms with van der Waals surface area (Å²) in [6, 6.07) is 4.93. The van der Waals surface area contributed by atoms with E-state index in [0.29, 0.717) is 34.6 Å². The number of anilines is 2. The summed E-state index contributed by atoms with van der Waals surface area (Å²) >= 11 is 2.66. The predicted octanol–water partition coefficient (Wildman–Crippen LogP) is 4.16. The van der Waals surface area contributed by atoms with Gasteiger partial charge in [-0.05, 0) is 31.2 Å². The van der Waals surface area contributed by atoms with Gasteiger partial charge in [0.25, 0.3) is 0 Å². The van der Waals surface area contributed by atoms with Gasteiger partial charge >= 0.3 is 6.18 Å². The largest absolute Gasteiger partial charge is 0.416 e. The lowest BCUT2D eigenvalue weighted by atomic mass is 9.98. The minimum absolute atomic E-state index is 0.129. The van der Waals surface area contributed by atoms with Crippen LogP contribution >= 0.6 is 22.7 Å². The normalized spacial score (nSPS) is 14.6. The van der Waals surface area contributed by atoms with Gasteiger partial charge in [0.05, 0.1) is 34.4 Å². The number of hydrogen-bond donors (Lipinski definition) is 2. The molecule has 0 aliphatic carbocycles. The number of aromatic nitrogens is 2. The smallest absolute Gasteiger partial charge is 0.389 e. The van der Waals surface area contributed by atoms with E-state index in [1.54, 1.807) is 0 Å². The molecule has 2 aromatic heterocycles. The number of aliphatic hydroxyl groups is 1. The number of carbonyl (C=O) groups is 1. The Bertz CT molecular complexity index is 1060. The number of nitrogens with zero attached hydrogens (tertiary/aromatic N) is 3. The first-order valence-corrected chi connectivity index (χ1v) is 10.7. The number of rotatable bonds is 5. The van der Waals surface area contributed by atoms with Crippen LogP contribution in [0.1, 0.15) is 16.3 Å². The first kappa shape index (κ1) is 20.8. The Morgan fingerprint density at radius 2 is 1.97 bits per heavy atom. The maximum Gasteiger partial charge on any atom is 0.416 e. The fourth-order valence-corrected chi connectivity index (χ4v) is 4.78. The van der Waals surface area contributed by atoms with Crippen molar-refractivity contribution >= 4 is 39.4 Å². The molecule has 30 heavy (non-hydrogen) atoms. The van der Waals surface area contributed by atoms with E-state index in [1.165, 1.54) is 34.8 Å². The summed E-state index contributed by atoms with van der Waals surface area (Å²) in [5.41, 5.74) is 1.44. The quantitative estimate of drug-likeness (QED) is 0.605. The molecule has 3 heterocycles. The highest BCUT2D eigenvalue weighted by molar-refractivity contribution is 7.17. The molecule has 1 aliphatic rings. The van der Waals surface area contributed by atoms with E-state index in [-0.39, 0.29) is 18.4 Å². The topological polar surface area (TPSA) is 78.4 Å². The van der Waals surface area contributed by atoms with Gasteiger partial charge in [-0.1, -0.05) is 0 Å². The molecule has 1 aliphatic heterocycles. The molecule has 0 saturated carbocycles. The second kappa shape index (κ2) is 7.97. The van der Waals surface area contributed by atoms with E-state index < -0.39 is 11.7 Å². The first-order chi connectivity index (χ1) is 14.2. The Balaban J connectivity index is 1.34. The Morgan fingerprint density at radius 3 is 2.57 bits per heavy atom. The molecule has 4 rings (SSSR count). The molecule has 0 spiro atoms. The van der Waals surface area contributed by atoms with E-state index in [0.717, 1.165) is 22.7 Å². The Kier molecular flexibility index (Phi) is 5.51. The van der Waals surface area contributed by atoms with Crippen molar-refractivity contribution in [3.05, 3.63) is 45.9 Å². The third kappa shape index (κ3) is 4.18. The number of carbonyl (C=O) groups excluding carboxylic acids is 1. The number of thiazole rings is 2. The van der Waals surface area contributed by atoms with E-state index in [2.05, 4.69) is 15.3 Å². The van der Waals surface area contributed by atoms with Gasteiger partial charge in [-0.3, -0.25) is 4.79 Å². The van der Waals surface area contributed by atoms with Crippen LogP contribution in [0.25, 0.3) is 10.6 Å². The number of aryl methyl sites for hydroxylation is 1. The number of alkyl halides is 3. The molecule has 1 amide bonds. The average Bonchev–Trinajstić information content (AvgIpc) is 3.26. The van der Waals surface area contributed by atoms with Crippen LogP contribution in [-0.2, 0) is 17.6 Å². The monoisotopic (exact) mass is 454 g/mol. The van der Waals surface area contributed by atoms with Gasteiger partial charge in [0.2, 0.25) is 5.91 Å². The SMILES string of the molecule is Cc1nc(CO)sc1-c1csc(NC(=O)C2CN(c3ccc(C(F)(F)F)cc3)C2)n1. The third-order valence-corrected chi connectivity index (χ3v) is 6.68. The molecule has 158 valence electrons. The third-order valence-electron chi connectivity index (χ3n) is 4.76. The van der Waals surface area contributed by atoms with Gasteiger partial charge in [-0.15, -0.1) is 22.7 Å². The summed E-state index contributed by atoms with van der Waals surface area (Å²) in [5.74, 6) is -0.429. The zero-order chi connectivity index (χ0) is 21.5. The van der Waals surface area contributed by atoms with Gasteiger partial charge in [-0.25, -0.2) is 9.97 Å². The maximum atomic E-state index is 12.7. The van der Waals surface area contributed by atoms with Crippen LogP contribution in [0.5, 0.6) is 0 Å². The van der Waals surface area contributed by atoms with Gasteiger partial charge in [0, 0.05) is 24.2 Å². The van der Waals surface area contributed by atoms with Crippen LogP contribution in [0.15, 0.2) is 29.6 Å². The second-order valence-corrected chi connectivity index (χ2v) is 8.80. The molecule has 0 bridgehead atoms. The molecule has 2 N–H and O–H groups in total. The number of amides is 1. The lowest BCUT2D eigenvalue weighted by molar-refractivity contribution is -0.137. The molecule has 1 saturated heterocycles. The molecule has 0 radical (unpaired) electrons. The van der Waals surface area contributed by atoms with Gasteiger partial charge in [-0.2, -0.15) is 13.2 Å². The van der Waals surface area contributed by atoms with Crippen LogP contribution in [0.2, 0.25) is 0 Å². The summed E-state index contributed by atoms with van der Waals surface area (Å²) in [6.45, 7) is 2.58. The molecular weight excluding hydrogens is 437 g/mol. The van der Waals surface area contributed by atoms with Crippen molar-refractivity contribution in [3.63, 3.8) is 0 Å². The molecule has 11 heteroatoms. The van der Waals surface area contributed by atoms with Crippen molar-refractivity contribution < 1.29 is 23.1 Å². The predicted molar refractivity (Wildman–Crippen MR) is 110 cm³/mol. The molecule has 1 aromatic carbocycles.